The normalized spacial score (nSPS) is 12.6. The second-order valence-electron chi connectivity index (χ2n) is 6.54. The van der Waals surface area contributed by atoms with Gasteiger partial charge in [-0.1, -0.05) is 12.1 Å². The van der Waals surface area contributed by atoms with Crippen LogP contribution in [0.4, 0.5) is 5.69 Å². The van der Waals surface area contributed by atoms with E-state index in [1.807, 2.05) is 32.0 Å². The molecule has 0 spiro atoms. The molecule has 3 aromatic rings. The summed E-state index contributed by atoms with van der Waals surface area (Å²) in [4.78, 5) is 17.7. The highest BCUT2D eigenvalue weighted by atomic mass is 32.2. The summed E-state index contributed by atoms with van der Waals surface area (Å²) < 4.78 is 30.8. The lowest BCUT2D eigenvalue weighted by Crippen LogP contribution is -2.26. The van der Waals surface area contributed by atoms with E-state index in [0.29, 0.717) is 27.0 Å². The zero-order chi connectivity index (χ0) is 20.5. The fourth-order valence-electron chi connectivity index (χ4n) is 2.69. The number of aryl methyl sites for hydroxylation is 2. The number of thiazole rings is 1. The van der Waals surface area contributed by atoms with E-state index < -0.39 is 10.0 Å². The summed E-state index contributed by atoms with van der Waals surface area (Å²) in [5.74, 6) is 1.18. The van der Waals surface area contributed by atoms with E-state index in [0.717, 1.165) is 17.6 Å². The summed E-state index contributed by atoms with van der Waals surface area (Å²) >= 11 is 1.27. The van der Waals surface area contributed by atoms with Crippen LogP contribution in [0.1, 0.15) is 39.7 Å². The number of rotatable bonds is 6. The second kappa shape index (κ2) is 7.76. The molecule has 0 aliphatic carbocycles. The lowest BCUT2D eigenvalue weighted by molar-refractivity contribution is 0.0943. The Morgan fingerprint density at radius 3 is 2.61 bits per heavy atom. The Hall–Kier alpha value is -2.65. The minimum absolute atomic E-state index is 0.237. The van der Waals surface area contributed by atoms with Gasteiger partial charge in [-0.15, -0.1) is 11.3 Å². The van der Waals surface area contributed by atoms with Crippen molar-refractivity contribution in [3.63, 3.8) is 0 Å². The van der Waals surface area contributed by atoms with Gasteiger partial charge in [0.05, 0.1) is 18.0 Å². The Labute approximate surface area is 167 Å². The summed E-state index contributed by atoms with van der Waals surface area (Å²) in [6, 6.07) is 10.3. The number of hydrogen-bond donors (Lipinski definition) is 2. The molecule has 0 aliphatic rings. The third-order valence-electron chi connectivity index (χ3n) is 3.99. The topological polar surface area (TPSA) is 101 Å². The van der Waals surface area contributed by atoms with Gasteiger partial charge in [-0.05, 0) is 50.6 Å². The summed E-state index contributed by atoms with van der Waals surface area (Å²) in [7, 11) is -3.37. The number of nitrogens with zero attached hydrogens (tertiary/aromatic N) is 1. The quantitative estimate of drug-likeness (QED) is 0.631. The molecule has 1 atom stereocenters. The molecular weight excluding hydrogens is 398 g/mol. The van der Waals surface area contributed by atoms with Crippen molar-refractivity contribution < 1.29 is 17.6 Å². The summed E-state index contributed by atoms with van der Waals surface area (Å²) in [6.07, 6.45) is 1.09. The van der Waals surface area contributed by atoms with Crippen molar-refractivity contribution >= 4 is 33.0 Å². The van der Waals surface area contributed by atoms with Crippen LogP contribution in [-0.2, 0) is 10.0 Å². The van der Waals surface area contributed by atoms with E-state index in [4.69, 9.17) is 4.42 Å². The van der Waals surface area contributed by atoms with Crippen molar-refractivity contribution in [3.8, 4) is 10.8 Å². The van der Waals surface area contributed by atoms with E-state index in [2.05, 4.69) is 15.0 Å². The number of amides is 1. The van der Waals surface area contributed by atoms with Crippen LogP contribution in [0.15, 0.2) is 40.8 Å². The molecule has 0 fully saturated rings. The summed E-state index contributed by atoms with van der Waals surface area (Å²) in [5, 5.41) is 3.59. The molecule has 2 heterocycles. The van der Waals surface area contributed by atoms with Gasteiger partial charge in [0.25, 0.3) is 5.91 Å². The number of carbonyl (C=O) groups excluding carboxylic acids is 1. The van der Waals surface area contributed by atoms with E-state index in [9.17, 15) is 13.2 Å². The highest BCUT2D eigenvalue weighted by molar-refractivity contribution is 7.92. The van der Waals surface area contributed by atoms with E-state index in [1.165, 1.54) is 11.3 Å². The number of nitrogens with one attached hydrogen (secondary N) is 2. The number of hydrogen-bond acceptors (Lipinski definition) is 6. The van der Waals surface area contributed by atoms with Crippen LogP contribution in [0.2, 0.25) is 0 Å². The molecule has 148 valence electrons. The number of benzene rings is 1. The highest BCUT2D eigenvalue weighted by Gasteiger charge is 2.20. The first-order valence-electron chi connectivity index (χ1n) is 8.55. The summed E-state index contributed by atoms with van der Waals surface area (Å²) in [5.41, 5.74) is 1.86. The van der Waals surface area contributed by atoms with Crippen LogP contribution in [-0.4, -0.2) is 25.6 Å². The lowest BCUT2D eigenvalue weighted by atomic mass is 10.1. The van der Waals surface area contributed by atoms with Gasteiger partial charge in [0.1, 0.15) is 10.6 Å². The predicted octanol–water partition coefficient (Wildman–Crippen LogP) is 3.88. The number of carbonyl (C=O) groups is 1. The molecule has 0 saturated heterocycles. The van der Waals surface area contributed by atoms with Crippen molar-refractivity contribution in [2.45, 2.75) is 26.8 Å². The maximum absolute atomic E-state index is 12.7. The van der Waals surface area contributed by atoms with Crippen LogP contribution >= 0.6 is 11.3 Å². The number of sulfonamides is 1. The molecule has 0 saturated carbocycles. The molecule has 0 radical (unpaired) electrons. The molecular formula is C19H21N3O4S2. The van der Waals surface area contributed by atoms with Gasteiger partial charge in [-0.3, -0.25) is 9.52 Å². The van der Waals surface area contributed by atoms with Crippen molar-refractivity contribution in [3.05, 3.63) is 58.3 Å². The predicted molar refractivity (Wildman–Crippen MR) is 110 cm³/mol. The first kappa shape index (κ1) is 20.1. The zero-order valence-corrected chi connectivity index (χ0v) is 17.6. The van der Waals surface area contributed by atoms with Gasteiger partial charge in [0, 0.05) is 5.69 Å². The first-order valence-corrected chi connectivity index (χ1v) is 11.3. The Kier molecular flexibility index (Phi) is 5.57. The molecule has 0 bridgehead atoms. The van der Waals surface area contributed by atoms with Gasteiger partial charge < -0.3 is 9.73 Å². The van der Waals surface area contributed by atoms with Gasteiger partial charge in [0.15, 0.2) is 10.8 Å². The SMILES string of the molecule is Cc1ccc(-c2nc(C)c(C(=O)NC(C)c3cccc(NS(C)(=O)=O)c3)s2)o1. The lowest BCUT2D eigenvalue weighted by Gasteiger charge is -2.15. The van der Waals surface area contributed by atoms with Crippen molar-refractivity contribution in [1.82, 2.24) is 10.3 Å². The Morgan fingerprint density at radius 1 is 1.21 bits per heavy atom. The third-order valence-corrected chi connectivity index (χ3v) is 5.77. The smallest absolute Gasteiger partial charge is 0.263 e. The molecule has 1 unspecified atom stereocenters. The minimum Gasteiger partial charge on any atom is -0.459 e. The highest BCUT2D eigenvalue weighted by Crippen LogP contribution is 2.29. The van der Waals surface area contributed by atoms with Gasteiger partial charge in [-0.2, -0.15) is 0 Å². The Bertz CT molecular complexity index is 1120. The summed E-state index contributed by atoms with van der Waals surface area (Å²) in [6.45, 7) is 5.47. The largest absolute Gasteiger partial charge is 0.459 e. The van der Waals surface area contributed by atoms with Crippen LogP contribution in [0.5, 0.6) is 0 Å². The standard InChI is InChI=1S/C19H21N3O4S2/c1-11-8-9-16(26-11)19-21-13(3)17(27-19)18(23)20-12(2)14-6-5-7-15(10-14)22-28(4,24)25/h5-10,12,22H,1-4H3,(H,20,23). The van der Waals surface area contributed by atoms with Crippen LogP contribution < -0.4 is 10.0 Å². The van der Waals surface area contributed by atoms with E-state index in [1.54, 1.807) is 25.1 Å². The molecule has 2 N–H and O–H groups in total. The molecule has 1 amide bonds. The number of aromatic nitrogens is 1. The van der Waals surface area contributed by atoms with Gasteiger partial charge >= 0.3 is 0 Å². The molecule has 3 rings (SSSR count). The van der Waals surface area contributed by atoms with Crippen molar-refractivity contribution in [2.75, 3.05) is 11.0 Å². The zero-order valence-electron chi connectivity index (χ0n) is 15.9. The maximum atomic E-state index is 12.7. The van der Waals surface area contributed by atoms with Crippen molar-refractivity contribution in [2.24, 2.45) is 0 Å². The minimum atomic E-state index is -3.37. The fourth-order valence-corrected chi connectivity index (χ4v) is 4.18. The molecule has 28 heavy (non-hydrogen) atoms. The third kappa shape index (κ3) is 4.79. The molecule has 9 heteroatoms. The maximum Gasteiger partial charge on any atom is 0.263 e. The van der Waals surface area contributed by atoms with Gasteiger partial charge in [0.2, 0.25) is 10.0 Å². The van der Waals surface area contributed by atoms with Gasteiger partial charge in [-0.25, -0.2) is 13.4 Å². The molecule has 2 aromatic heterocycles. The molecule has 1 aromatic carbocycles. The Morgan fingerprint density at radius 2 is 1.96 bits per heavy atom. The monoisotopic (exact) mass is 419 g/mol. The molecule has 0 aliphatic heterocycles. The number of anilines is 1. The van der Waals surface area contributed by atoms with Crippen LogP contribution in [0, 0.1) is 13.8 Å². The van der Waals surface area contributed by atoms with Crippen LogP contribution in [0.3, 0.4) is 0 Å². The average Bonchev–Trinajstić information content (AvgIpc) is 3.19. The first-order chi connectivity index (χ1) is 13.1. The second-order valence-corrected chi connectivity index (χ2v) is 9.29. The van der Waals surface area contributed by atoms with Crippen molar-refractivity contribution in [1.29, 1.82) is 0 Å². The fraction of sp³-hybridized carbons (Fsp3) is 0.263. The van der Waals surface area contributed by atoms with E-state index in [-0.39, 0.29) is 11.9 Å². The van der Waals surface area contributed by atoms with Crippen LogP contribution in [0.25, 0.3) is 10.8 Å². The Balaban J connectivity index is 1.76. The molecule has 7 nitrogen and oxygen atoms in total. The van der Waals surface area contributed by atoms with E-state index >= 15 is 0 Å². The number of furan rings is 1. The average molecular weight is 420 g/mol.